The molecule has 0 unspecified atom stereocenters. The van der Waals surface area contributed by atoms with Crippen LogP contribution in [0.25, 0.3) is 0 Å². The molecule has 1 heterocycles. The zero-order valence-corrected chi connectivity index (χ0v) is 11.0. The van der Waals surface area contributed by atoms with Gasteiger partial charge in [0.1, 0.15) is 4.90 Å². The van der Waals surface area contributed by atoms with E-state index in [1.54, 1.807) is 6.20 Å². The molecule has 16 heavy (non-hydrogen) atoms. The largest absolute Gasteiger partial charge is 0.371 e. The van der Waals surface area contributed by atoms with Gasteiger partial charge in [-0.1, -0.05) is 0 Å². The monoisotopic (exact) mass is 242 g/mol. The Morgan fingerprint density at radius 2 is 1.81 bits per heavy atom. The summed E-state index contributed by atoms with van der Waals surface area (Å²) in [5.41, 5.74) is 1.68. The first kappa shape index (κ1) is 13.0. The molecule has 4 nitrogen and oxygen atoms in total. The van der Waals surface area contributed by atoms with E-state index < -0.39 is 9.84 Å². The lowest BCUT2D eigenvalue weighted by Gasteiger charge is -2.25. The topological polar surface area (TPSA) is 50.3 Å². The van der Waals surface area contributed by atoms with E-state index in [9.17, 15) is 8.42 Å². The Hall–Kier alpha value is -1.10. The lowest BCUT2D eigenvalue weighted by atomic mass is 10.2. The number of nitrogens with zero attached hydrogens (tertiary/aromatic N) is 2. The molecule has 0 radical (unpaired) electrons. The fraction of sp³-hybridized carbons (Fsp3) is 0.545. The molecule has 0 spiro atoms. The van der Waals surface area contributed by atoms with Crippen LogP contribution in [0.5, 0.6) is 0 Å². The summed E-state index contributed by atoms with van der Waals surface area (Å²) in [5, 5.41) is 0. The van der Waals surface area contributed by atoms with Crippen molar-refractivity contribution in [3.05, 3.63) is 18.0 Å². The standard InChI is InChI=1S/C11H18N2O2S/c1-5-13(6-2)11-9(3)7-12-8-10(11)16(4,14)15/h7-8H,5-6H2,1-4H3. The summed E-state index contributed by atoms with van der Waals surface area (Å²) < 4.78 is 23.4. The van der Waals surface area contributed by atoms with Crippen LogP contribution in [0.15, 0.2) is 17.3 Å². The molecule has 0 fully saturated rings. The summed E-state index contributed by atoms with van der Waals surface area (Å²) in [4.78, 5) is 6.31. The van der Waals surface area contributed by atoms with Gasteiger partial charge in [-0.05, 0) is 26.3 Å². The van der Waals surface area contributed by atoms with E-state index in [1.165, 1.54) is 12.5 Å². The van der Waals surface area contributed by atoms with Crippen LogP contribution in [-0.2, 0) is 9.84 Å². The number of rotatable bonds is 4. The van der Waals surface area contributed by atoms with Crippen LogP contribution < -0.4 is 4.90 Å². The SMILES string of the molecule is CCN(CC)c1c(C)cncc1S(C)(=O)=O. The molecule has 5 heteroatoms. The van der Waals surface area contributed by atoms with Gasteiger partial charge in [0, 0.05) is 31.7 Å². The van der Waals surface area contributed by atoms with Crippen molar-refractivity contribution in [1.82, 2.24) is 4.98 Å². The highest BCUT2D eigenvalue weighted by Crippen LogP contribution is 2.27. The van der Waals surface area contributed by atoms with Gasteiger partial charge in [0.15, 0.2) is 9.84 Å². The summed E-state index contributed by atoms with van der Waals surface area (Å²) in [6, 6.07) is 0. The van der Waals surface area contributed by atoms with E-state index in [2.05, 4.69) is 4.98 Å². The van der Waals surface area contributed by atoms with Crippen molar-refractivity contribution in [2.24, 2.45) is 0 Å². The minimum Gasteiger partial charge on any atom is -0.371 e. The highest BCUT2D eigenvalue weighted by atomic mass is 32.2. The molecule has 1 aromatic rings. The van der Waals surface area contributed by atoms with Gasteiger partial charge in [0.2, 0.25) is 0 Å². The van der Waals surface area contributed by atoms with Gasteiger partial charge in [-0.15, -0.1) is 0 Å². The number of pyridine rings is 1. The van der Waals surface area contributed by atoms with Crippen LogP contribution in [0.4, 0.5) is 5.69 Å². The van der Waals surface area contributed by atoms with Crippen molar-refractivity contribution in [3.8, 4) is 0 Å². The molecule has 0 aliphatic rings. The Morgan fingerprint density at radius 1 is 1.25 bits per heavy atom. The first-order chi connectivity index (χ1) is 7.41. The summed E-state index contributed by atoms with van der Waals surface area (Å²) >= 11 is 0. The second kappa shape index (κ2) is 4.82. The van der Waals surface area contributed by atoms with Crippen LogP contribution in [-0.4, -0.2) is 32.7 Å². The lowest BCUT2D eigenvalue weighted by molar-refractivity contribution is 0.601. The number of sulfone groups is 1. The molecule has 0 amide bonds. The smallest absolute Gasteiger partial charge is 0.179 e. The number of hydrogen-bond acceptors (Lipinski definition) is 4. The molecule has 0 saturated carbocycles. The molecule has 0 aliphatic heterocycles. The van der Waals surface area contributed by atoms with E-state index in [0.29, 0.717) is 4.90 Å². The number of aromatic nitrogens is 1. The number of anilines is 1. The molecular weight excluding hydrogens is 224 g/mol. The number of aryl methyl sites for hydroxylation is 1. The van der Waals surface area contributed by atoms with Gasteiger partial charge in [0.05, 0.1) is 5.69 Å². The van der Waals surface area contributed by atoms with Crippen molar-refractivity contribution >= 4 is 15.5 Å². The van der Waals surface area contributed by atoms with E-state index in [1.807, 2.05) is 25.7 Å². The second-order valence-corrected chi connectivity index (χ2v) is 5.73. The third-order valence-electron chi connectivity index (χ3n) is 2.55. The molecule has 1 aromatic heterocycles. The highest BCUT2D eigenvalue weighted by Gasteiger charge is 2.18. The quantitative estimate of drug-likeness (QED) is 0.805. The van der Waals surface area contributed by atoms with E-state index >= 15 is 0 Å². The van der Waals surface area contributed by atoms with E-state index in [0.717, 1.165) is 24.3 Å². The van der Waals surface area contributed by atoms with Gasteiger partial charge in [-0.3, -0.25) is 4.98 Å². The second-order valence-electron chi connectivity index (χ2n) is 3.75. The highest BCUT2D eigenvalue weighted by molar-refractivity contribution is 7.90. The van der Waals surface area contributed by atoms with Crippen molar-refractivity contribution < 1.29 is 8.42 Å². The normalized spacial score (nSPS) is 11.5. The Morgan fingerprint density at radius 3 is 2.25 bits per heavy atom. The summed E-state index contributed by atoms with van der Waals surface area (Å²) in [6.45, 7) is 7.47. The summed E-state index contributed by atoms with van der Waals surface area (Å²) in [7, 11) is -3.23. The van der Waals surface area contributed by atoms with E-state index in [4.69, 9.17) is 0 Å². The molecule has 90 valence electrons. The predicted octanol–water partition coefficient (Wildman–Crippen LogP) is 1.64. The molecule has 0 bridgehead atoms. The Balaban J connectivity index is 3.46. The molecule has 0 N–H and O–H groups in total. The van der Waals surface area contributed by atoms with E-state index in [-0.39, 0.29) is 0 Å². The Bertz CT molecular complexity index is 465. The zero-order chi connectivity index (χ0) is 12.3. The maximum atomic E-state index is 11.7. The third-order valence-corrected chi connectivity index (χ3v) is 3.64. The molecule has 0 saturated heterocycles. The van der Waals surface area contributed by atoms with Crippen LogP contribution >= 0.6 is 0 Å². The van der Waals surface area contributed by atoms with Crippen LogP contribution in [0.1, 0.15) is 19.4 Å². The molecule has 1 rings (SSSR count). The van der Waals surface area contributed by atoms with Gasteiger partial charge < -0.3 is 4.90 Å². The van der Waals surface area contributed by atoms with Gasteiger partial charge >= 0.3 is 0 Å². The fourth-order valence-electron chi connectivity index (χ4n) is 1.75. The van der Waals surface area contributed by atoms with Gasteiger partial charge in [0.25, 0.3) is 0 Å². The maximum Gasteiger partial charge on any atom is 0.179 e. The van der Waals surface area contributed by atoms with Crippen molar-refractivity contribution in [3.63, 3.8) is 0 Å². The third kappa shape index (κ3) is 2.52. The van der Waals surface area contributed by atoms with Gasteiger partial charge in [-0.25, -0.2) is 8.42 Å². The average Bonchev–Trinajstić information content (AvgIpc) is 2.20. The van der Waals surface area contributed by atoms with Crippen molar-refractivity contribution in [2.45, 2.75) is 25.7 Å². The van der Waals surface area contributed by atoms with Crippen LogP contribution in [0.3, 0.4) is 0 Å². The predicted molar refractivity (Wildman–Crippen MR) is 65.6 cm³/mol. The maximum absolute atomic E-state index is 11.7. The first-order valence-corrected chi connectivity index (χ1v) is 7.20. The molecule has 0 atom stereocenters. The summed E-state index contributed by atoms with van der Waals surface area (Å²) in [5.74, 6) is 0. The molecule has 0 aliphatic carbocycles. The molecular formula is C11H18N2O2S. The van der Waals surface area contributed by atoms with Crippen LogP contribution in [0, 0.1) is 6.92 Å². The van der Waals surface area contributed by atoms with Crippen molar-refractivity contribution in [2.75, 3.05) is 24.2 Å². The van der Waals surface area contributed by atoms with Crippen molar-refractivity contribution in [1.29, 1.82) is 0 Å². The lowest BCUT2D eigenvalue weighted by Crippen LogP contribution is -2.25. The zero-order valence-electron chi connectivity index (χ0n) is 10.2. The average molecular weight is 242 g/mol. The Kier molecular flexibility index (Phi) is 3.91. The Labute approximate surface area is 97.2 Å². The minimum atomic E-state index is -3.23. The fourth-order valence-corrected chi connectivity index (χ4v) is 2.64. The van der Waals surface area contributed by atoms with Crippen LogP contribution in [0.2, 0.25) is 0 Å². The summed E-state index contributed by atoms with van der Waals surface area (Å²) in [6.07, 6.45) is 4.34. The number of hydrogen-bond donors (Lipinski definition) is 0. The minimum absolute atomic E-state index is 0.316. The first-order valence-electron chi connectivity index (χ1n) is 5.31. The van der Waals surface area contributed by atoms with Gasteiger partial charge in [-0.2, -0.15) is 0 Å². The molecule has 0 aromatic carbocycles.